The standard InChI is InChI=1S/C12H24N2O/c1-4-6-7-8-9-10-12(15)14-13-11(3)5-2/h4-10H2,1-3H3,(H,14,15)/b13-11-. The third kappa shape index (κ3) is 9.44. The van der Waals surface area contributed by atoms with Gasteiger partial charge in [0, 0.05) is 12.1 Å². The van der Waals surface area contributed by atoms with Crippen molar-refractivity contribution in [2.45, 2.75) is 65.7 Å². The molecule has 1 amide bonds. The fraction of sp³-hybridized carbons (Fsp3) is 0.833. The summed E-state index contributed by atoms with van der Waals surface area (Å²) in [7, 11) is 0. The molecule has 0 bridgehead atoms. The average molecular weight is 212 g/mol. The first-order valence-corrected chi connectivity index (χ1v) is 6.02. The van der Waals surface area contributed by atoms with Crippen molar-refractivity contribution in [3.63, 3.8) is 0 Å². The molecular weight excluding hydrogens is 188 g/mol. The molecule has 0 fully saturated rings. The van der Waals surface area contributed by atoms with E-state index in [0.717, 1.165) is 25.0 Å². The van der Waals surface area contributed by atoms with Gasteiger partial charge in [0.25, 0.3) is 0 Å². The first-order valence-electron chi connectivity index (χ1n) is 6.02. The van der Waals surface area contributed by atoms with Crippen LogP contribution in [0.4, 0.5) is 0 Å². The van der Waals surface area contributed by atoms with Crippen LogP contribution in [0.25, 0.3) is 0 Å². The highest BCUT2D eigenvalue weighted by Gasteiger charge is 1.99. The number of hydrogen-bond donors (Lipinski definition) is 1. The molecule has 0 heterocycles. The lowest BCUT2D eigenvalue weighted by molar-refractivity contribution is -0.121. The number of unbranched alkanes of at least 4 members (excludes halogenated alkanes) is 4. The maximum atomic E-state index is 11.3. The Balaban J connectivity index is 3.41. The Morgan fingerprint density at radius 1 is 1.13 bits per heavy atom. The van der Waals surface area contributed by atoms with Crippen LogP contribution in [0, 0.1) is 0 Å². The van der Waals surface area contributed by atoms with E-state index < -0.39 is 0 Å². The third-order valence-electron chi connectivity index (χ3n) is 2.39. The zero-order valence-electron chi connectivity index (χ0n) is 10.3. The SMILES string of the molecule is CCCCCCCC(=O)N/N=C(/C)CC. The predicted octanol–water partition coefficient (Wildman–Crippen LogP) is 3.25. The molecule has 15 heavy (non-hydrogen) atoms. The van der Waals surface area contributed by atoms with E-state index in [9.17, 15) is 4.79 Å². The number of hydrogen-bond acceptors (Lipinski definition) is 2. The normalized spacial score (nSPS) is 11.5. The highest BCUT2D eigenvalue weighted by Crippen LogP contribution is 2.04. The molecule has 0 spiro atoms. The summed E-state index contributed by atoms with van der Waals surface area (Å²) in [4.78, 5) is 11.3. The van der Waals surface area contributed by atoms with E-state index in [1.54, 1.807) is 0 Å². The minimum absolute atomic E-state index is 0.0410. The van der Waals surface area contributed by atoms with Gasteiger partial charge in [-0.25, -0.2) is 5.43 Å². The van der Waals surface area contributed by atoms with E-state index in [1.807, 2.05) is 13.8 Å². The highest BCUT2D eigenvalue weighted by molar-refractivity contribution is 5.84. The van der Waals surface area contributed by atoms with Crippen LogP contribution in [0.5, 0.6) is 0 Å². The van der Waals surface area contributed by atoms with Crippen molar-refractivity contribution in [3.8, 4) is 0 Å². The molecule has 3 heteroatoms. The van der Waals surface area contributed by atoms with E-state index in [-0.39, 0.29) is 5.91 Å². The molecule has 3 nitrogen and oxygen atoms in total. The van der Waals surface area contributed by atoms with Crippen LogP contribution in [-0.4, -0.2) is 11.6 Å². The lowest BCUT2D eigenvalue weighted by Gasteiger charge is -2.01. The molecule has 0 atom stereocenters. The van der Waals surface area contributed by atoms with E-state index in [4.69, 9.17) is 0 Å². The van der Waals surface area contributed by atoms with Gasteiger partial charge in [0.05, 0.1) is 0 Å². The van der Waals surface area contributed by atoms with Crippen LogP contribution in [0.15, 0.2) is 5.10 Å². The molecule has 0 aromatic rings. The summed E-state index contributed by atoms with van der Waals surface area (Å²) in [5, 5.41) is 3.97. The Kier molecular flexibility index (Phi) is 9.13. The molecule has 0 aliphatic carbocycles. The van der Waals surface area contributed by atoms with Crippen molar-refractivity contribution in [1.82, 2.24) is 5.43 Å². The summed E-state index contributed by atoms with van der Waals surface area (Å²) in [6.07, 6.45) is 7.37. The van der Waals surface area contributed by atoms with Crippen molar-refractivity contribution >= 4 is 11.6 Å². The van der Waals surface area contributed by atoms with E-state index in [0.29, 0.717) is 6.42 Å². The number of hydrazone groups is 1. The van der Waals surface area contributed by atoms with Gasteiger partial charge in [-0.05, 0) is 19.8 Å². The first kappa shape index (κ1) is 14.1. The molecule has 88 valence electrons. The minimum Gasteiger partial charge on any atom is -0.273 e. The van der Waals surface area contributed by atoms with E-state index in [2.05, 4.69) is 17.5 Å². The Labute approximate surface area is 93.3 Å². The first-order chi connectivity index (χ1) is 7.20. The van der Waals surface area contributed by atoms with Gasteiger partial charge in [-0.3, -0.25) is 4.79 Å². The topological polar surface area (TPSA) is 41.5 Å². The summed E-state index contributed by atoms with van der Waals surface area (Å²) >= 11 is 0. The Morgan fingerprint density at radius 3 is 2.40 bits per heavy atom. The lowest BCUT2D eigenvalue weighted by atomic mass is 10.1. The van der Waals surface area contributed by atoms with Gasteiger partial charge < -0.3 is 0 Å². The molecule has 0 unspecified atom stereocenters. The van der Waals surface area contributed by atoms with Gasteiger partial charge in [0.2, 0.25) is 5.91 Å². The second kappa shape index (κ2) is 9.69. The van der Waals surface area contributed by atoms with Gasteiger partial charge in [0.15, 0.2) is 0 Å². The molecule has 0 aromatic carbocycles. The summed E-state index contributed by atoms with van der Waals surface area (Å²) in [6, 6.07) is 0. The van der Waals surface area contributed by atoms with Crippen LogP contribution in [0.2, 0.25) is 0 Å². The summed E-state index contributed by atoms with van der Waals surface area (Å²) in [6.45, 7) is 6.13. The zero-order valence-corrected chi connectivity index (χ0v) is 10.3. The van der Waals surface area contributed by atoms with Crippen molar-refractivity contribution in [2.75, 3.05) is 0 Å². The molecule has 1 N–H and O–H groups in total. The van der Waals surface area contributed by atoms with Crippen molar-refractivity contribution in [3.05, 3.63) is 0 Å². The summed E-state index contributed by atoms with van der Waals surface area (Å²) < 4.78 is 0. The average Bonchev–Trinajstić information content (AvgIpc) is 2.25. The Bertz CT molecular complexity index is 200. The number of nitrogens with zero attached hydrogens (tertiary/aromatic N) is 1. The molecule has 0 rings (SSSR count). The monoisotopic (exact) mass is 212 g/mol. The molecule has 0 radical (unpaired) electrons. The third-order valence-corrected chi connectivity index (χ3v) is 2.39. The van der Waals surface area contributed by atoms with Crippen LogP contribution in [-0.2, 0) is 4.79 Å². The molecular formula is C12H24N2O. The van der Waals surface area contributed by atoms with Crippen LogP contribution in [0.3, 0.4) is 0 Å². The second-order valence-electron chi connectivity index (χ2n) is 3.90. The number of amides is 1. The molecule has 0 saturated heterocycles. The number of carbonyl (C=O) groups excluding carboxylic acids is 1. The van der Waals surface area contributed by atoms with Gasteiger partial charge in [-0.2, -0.15) is 5.10 Å². The lowest BCUT2D eigenvalue weighted by Crippen LogP contribution is -2.18. The molecule has 0 aromatic heterocycles. The molecule has 0 saturated carbocycles. The quantitative estimate of drug-likeness (QED) is 0.374. The van der Waals surface area contributed by atoms with Crippen molar-refractivity contribution < 1.29 is 4.79 Å². The fourth-order valence-corrected chi connectivity index (χ4v) is 1.18. The van der Waals surface area contributed by atoms with Gasteiger partial charge in [-0.1, -0.05) is 39.5 Å². The second-order valence-corrected chi connectivity index (χ2v) is 3.90. The number of rotatable bonds is 8. The summed E-state index contributed by atoms with van der Waals surface area (Å²) in [5.41, 5.74) is 3.54. The molecule has 0 aliphatic rings. The smallest absolute Gasteiger partial charge is 0.240 e. The highest BCUT2D eigenvalue weighted by atomic mass is 16.2. The Morgan fingerprint density at radius 2 is 1.80 bits per heavy atom. The maximum absolute atomic E-state index is 11.3. The van der Waals surface area contributed by atoms with Gasteiger partial charge in [-0.15, -0.1) is 0 Å². The van der Waals surface area contributed by atoms with Crippen molar-refractivity contribution in [2.24, 2.45) is 5.10 Å². The van der Waals surface area contributed by atoms with Gasteiger partial charge >= 0.3 is 0 Å². The maximum Gasteiger partial charge on any atom is 0.240 e. The predicted molar refractivity (Wildman–Crippen MR) is 64.9 cm³/mol. The van der Waals surface area contributed by atoms with Crippen LogP contribution >= 0.6 is 0 Å². The Hall–Kier alpha value is -0.860. The number of carbonyl (C=O) groups is 1. The van der Waals surface area contributed by atoms with Crippen LogP contribution < -0.4 is 5.43 Å². The van der Waals surface area contributed by atoms with Crippen LogP contribution in [0.1, 0.15) is 65.7 Å². The number of nitrogens with one attached hydrogen (secondary N) is 1. The molecule has 0 aliphatic heterocycles. The fourth-order valence-electron chi connectivity index (χ4n) is 1.18. The van der Waals surface area contributed by atoms with E-state index >= 15 is 0 Å². The largest absolute Gasteiger partial charge is 0.273 e. The van der Waals surface area contributed by atoms with Gasteiger partial charge in [0.1, 0.15) is 0 Å². The summed E-state index contributed by atoms with van der Waals surface area (Å²) in [5.74, 6) is 0.0410. The zero-order chi connectivity index (χ0) is 11.5. The van der Waals surface area contributed by atoms with E-state index in [1.165, 1.54) is 19.3 Å². The minimum atomic E-state index is 0.0410. The van der Waals surface area contributed by atoms with Crippen molar-refractivity contribution in [1.29, 1.82) is 0 Å².